The smallest absolute Gasteiger partial charge is 0.159 e. The van der Waals surface area contributed by atoms with Gasteiger partial charge < -0.3 is 9.32 Å². The van der Waals surface area contributed by atoms with Gasteiger partial charge in [-0.05, 0) is 85.3 Å². The van der Waals surface area contributed by atoms with Gasteiger partial charge in [0.2, 0.25) is 0 Å². The van der Waals surface area contributed by atoms with Crippen molar-refractivity contribution in [3.05, 3.63) is 222 Å². The fraction of sp³-hybridized carbons (Fsp3) is 0.0741. The Bertz CT molecular complexity index is 3070. The van der Waals surface area contributed by atoms with Crippen molar-refractivity contribution < 1.29 is 4.42 Å². The van der Waals surface area contributed by atoms with Gasteiger partial charge in [-0.3, -0.25) is 0 Å². The minimum atomic E-state index is -0.587. The molecule has 1 heterocycles. The van der Waals surface area contributed by atoms with Crippen LogP contribution in [0.15, 0.2) is 199 Å². The van der Waals surface area contributed by atoms with E-state index in [-0.39, 0.29) is 0 Å². The summed E-state index contributed by atoms with van der Waals surface area (Å²) in [5, 5.41) is 7.19. The van der Waals surface area contributed by atoms with Crippen molar-refractivity contribution in [3.8, 4) is 11.1 Å². The summed E-state index contributed by atoms with van der Waals surface area (Å²) < 4.78 is 7.04. The third kappa shape index (κ3) is 4.56. The highest BCUT2D eigenvalue weighted by Crippen LogP contribution is 2.61. The Labute approximate surface area is 326 Å². The van der Waals surface area contributed by atoms with Crippen LogP contribution in [0.2, 0.25) is 0 Å². The zero-order chi connectivity index (χ0) is 37.4. The van der Waals surface area contributed by atoms with Crippen molar-refractivity contribution in [1.82, 2.24) is 0 Å². The van der Waals surface area contributed by atoms with Gasteiger partial charge in [-0.2, -0.15) is 0 Å². The number of furan rings is 1. The van der Waals surface area contributed by atoms with Gasteiger partial charge in [0.25, 0.3) is 0 Å². The van der Waals surface area contributed by atoms with Crippen LogP contribution in [0.5, 0.6) is 0 Å². The summed E-state index contributed by atoms with van der Waals surface area (Å²) in [6.07, 6.45) is 0. The predicted molar refractivity (Wildman–Crippen MR) is 235 cm³/mol. The topological polar surface area (TPSA) is 16.4 Å². The first-order chi connectivity index (χ1) is 27.6. The molecule has 266 valence electrons. The minimum Gasteiger partial charge on any atom is -0.454 e. The molecule has 1 aliphatic carbocycles. The quantitative estimate of drug-likeness (QED) is 0.170. The standard InChI is InChI=1S/C54H39NO/c1-35(2)40-28-16-29-44-45-30-17-31-48(53(45)56-52(40)44)55(39-23-10-5-11-24-39)49-34-47-51(43-27-15-14-26-42(43)49)50-41-25-13-12-18-36(41)32-33-46(50)54(47,37-19-6-3-7-20-37)38-21-8-4-9-22-38/h3-35H,1-2H3. The molecule has 56 heavy (non-hydrogen) atoms. The Morgan fingerprint density at radius 3 is 1.68 bits per heavy atom. The van der Waals surface area contributed by atoms with Gasteiger partial charge in [-0.25, -0.2) is 0 Å². The molecule has 0 amide bonds. The van der Waals surface area contributed by atoms with Gasteiger partial charge in [0.15, 0.2) is 5.58 Å². The van der Waals surface area contributed by atoms with E-state index in [1.807, 2.05) is 0 Å². The van der Waals surface area contributed by atoms with Crippen molar-refractivity contribution in [2.75, 3.05) is 4.90 Å². The number of anilines is 3. The van der Waals surface area contributed by atoms with Gasteiger partial charge in [-0.15, -0.1) is 0 Å². The van der Waals surface area contributed by atoms with Crippen LogP contribution in [0, 0.1) is 0 Å². The van der Waals surface area contributed by atoms with E-state index < -0.39 is 5.41 Å². The molecule has 0 aliphatic heterocycles. The van der Waals surface area contributed by atoms with Gasteiger partial charge in [0.1, 0.15) is 5.58 Å². The van der Waals surface area contributed by atoms with E-state index in [9.17, 15) is 0 Å². The van der Waals surface area contributed by atoms with Gasteiger partial charge in [-0.1, -0.05) is 184 Å². The SMILES string of the molecule is CC(C)c1cccc2c1oc1c(N(c3ccccc3)c3cc4c(c5ccccc35)-c3c(ccc5ccccc35)C4(c3ccccc3)c3ccccc3)cccc12. The van der Waals surface area contributed by atoms with Gasteiger partial charge >= 0.3 is 0 Å². The van der Waals surface area contributed by atoms with Crippen molar-refractivity contribution in [2.45, 2.75) is 25.2 Å². The van der Waals surface area contributed by atoms with E-state index in [0.717, 1.165) is 39.0 Å². The molecule has 0 atom stereocenters. The fourth-order valence-electron chi connectivity index (χ4n) is 9.71. The zero-order valence-electron chi connectivity index (χ0n) is 31.4. The molecule has 10 aromatic rings. The van der Waals surface area contributed by atoms with Crippen LogP contribution in [0.25, 0.3) is 54.6 Å². The summed E-state index contributed by atoms with van der Waals surface area (Å²) >= 11 is 0. The Morgan fingerprint density at radius 1 is 0.429 bits per heavy atom. The second-order valence-electron chi connectivity index (χ2n) is 15.4. The number of fused-ring (bicyclic) bond motifs is 10. The van der Waals surface area contributed by atoms with E-state index in [1.54, 1.807) is 0 Å². The molecule has 1 aliphatic rings. The first-order valence-corrected chi connectivity index (χ1v) is 19.6. The molecule has 0 bridgehead atoms. The number of nitrogens with zero attached hydrogens (tertiary/aromatic N) is 1. The Hall–Kier alpha value is -6.90. The highest BCUT2D eigenvalue weighted by molar-refractivity contribution is 6.17. The molecule has 11 rings (SSSR count). The maximum Gasteiger partial charge on any atom is 0.159 e. The summed E-state index contributed by atoms with van der Waals surface area (Å²) in [7, 11) is 0. The Kier molecular flexibility index (Phi) is 7.31. The lowest BCUT2D eigenvalue weighted by Crippen LogP contribution is -2.28. The molecular formula is C54H39NO. The van der Waals surface area contributed by atoms with Crippen LogP contribution in [-0.4, -0.2) is 0 Å². The molecule has 0 fully saturated rings. The fourth-order valence-corrected chi connectivity index (χ4v) is 9.71. The molecule has 0 unspecified atom stereocenters. The van der Waals surface area contributed by atoms with E-state index in [2.05, 4.69) is 213 Å². The highest BCUT2D eigenvalue weighted by atomic mass is 16.3. The molecule has 0 spiro atoms. The molecule has 9 aromatic carbocycles. The molecule has 0 radical (unpaired) electrons. The molecule has 0 N–H and O–H groups in total. The summed E-state index contributed by atoms with van der Waals surface area (Å²) in [6.45, 7) is 4.48. The molecular weight excluding hydrogens is 679 g/mol. The van der Waals surface area contributed by atoms with Crippen molar-refractivity contribution in [1.29, 1.82) is 0 Å². The molecule has 0 saturated heterocycles. The molecule has 0 saturated carbocycles. The van der Waals surface area contributed by atoms with Crippen molar-refractivity contribution >= 4 is 60.5 Å². The lowest BCUT2D eigenvalue weighted by Gasteiger charge is -2.35. The molecule has 2 heteroatoms. The van der Waals surface area contributed by atoms with Gasteiger partial charge in [0, 0.05) is 21.8 Å². The first-order valence-electron chi connectivity index (χ1n) is 19.6. The average molecular weight is 718 g/mol. The number of para-hydroxylation sites is 3. The number of rotatable bonds is 6. The third-order valence-corrected chi connectivity index (χ3v) is 12.1. The maximum atomic E-state index is 7.04. The van der Waals surface area contributed by atoms with Crippen LogP contribution < -0.4 is 4.90 Å². The second-order valence-corrected chi connectivity index (χ2v) is 15.4. The maximum absolute atomic E-state index is 7.04. The minimum absolute atomic E-state index is 0.329. The number of benzene rings is 9. The third-order valence-electron chi connectivity index (χ3n) is 12.1. The van der Waals surface area contributed by atoms with Gasteiger partial charge in [0.05, 0.1) is 16.8 Å². The van der Waals surface area contributed by atoms with E-state index >= 15 is 0 Å². The Balaban J connectivity index is 1.32. The average Bonchev–Trinajstić information content (AvgIpc) is 3.80. The first kappa shape index (κ1) is 32.5. The van der Waals surface area contributed by atoms with Crippen LogP contribution in [-0.2, 0) is 5.41 Å². The second kappa shape index (κ2) is 12.6. The summed E-state index contributed by atoms with van der Waals surface area (Å²) in [6, 6.07) is 71.3. The summed E-state index contributed by atoms with van der Waals surface area (Å²) in [4.78, 5) is 2.43. The number of hydrogen-bond donors (Lipinski definition) is 0. The summed E-state index contributed by atoms with van der Waals surface area (Å²) in [5.74, 6) is 0.329. The Morgan fingerprint density at radius 2 is 0.982 bits per heavy atom. The molecule has 1 aromatic heterocycles. The monoisotopic (exact) mass is 717 g/mol. The predicted octanol–water partition coefficient (Wildman–Crippen LogP) is 14.8. The van der Waals surface area contributed by atoms with Crippen LogP contribution >= 0.6 is 0 Å². The van der Waals surface area contributed by atoms with E-state index in [0.29, 0.717) is 5.92 Å². The summed E-state index contributed by atoms with van der Waals surface area (Å²) in [5.41, 5.74) is 13.3. The largest absolute Gasteiger partial charge is 0.454 e. The number of hydrogen-bond acceptors (Lipinski definition) is 2. The lowest BCUT2D eigenvalue weighted by molar-refractivity contribution is 0.657. The van der Waals surface area contributed by atoms with Crippen molar-refractivity contribution in [2.24, 2.45) is 0 Å². The normalized spacial score (nSPS) is 13.1. The van der Waals surface area contributed by atoms with Crippen LogP contribution in [0.4, 0.5) is 17.1 Å². The highest BCUT2D eigenvalue weighted by Gasteiger charge is 2.48. The molecule has 2 nitrogen and oxygen atoms in total. The van der Waals surface area contributed by atoms with E-state index in [4.69, 9.17) is 4.42 Å². The zero-order valence-corrected chi connectivity index (χ0v) is 31.4. The lowest BCUT2D eigenvalue weighted by atomic mass is 9.67. The van der Waals surface area contributed by atoms with E-state index in [1.165, 1.54) is 60.5 Å². The van der Waals surface area contributed by atoms with Crippen LogP contribution in [0.3, 0.4) is 0 Å². The van der Waals surface area contributed by atoms with Crippen LogP contribution in [0.1, 0.15) is 47.6 Å². The van der Waals surface area contributed by atoms with Crippen molar-refractivity contribution in [3.63, 3.8) is 0 Å².